The standard InChI is InChI=1S/C28H28F4N6O3S/c1-36(2)21-8-10-38(11-9-21)42(40,41)24-13-18(6-7-23(24)29)27(39)35-25-14-20-12-17(4-5-19(20)15-33-25)22-16-34-37(3)26(22)28(30,31)32/h4-7,12-16,21H,8-11H2,1-3H3,(H,33,35,39). The number of hydrogen-bond donors (Lipinski definition) is 1. The zero-order valence-electron chi connectivity index (χ0n) is 23.0. The number of nitrogens with zero attached hydrogens (tertiary/aromatic N) is 5. The number of nitrogens with one attached hydrogen (secondary N) is 1. The van der Waals surface area contributed by atoms with E-state index in [0.717, 1.165) is 23.0 Å². The smallest absolute Gasteiger partial charge is 0.307 e. The summed E-state index contributed by atoms with van der Waals surface area (Å²) < 4.78 is 84.0. The Morgan fingerprint density at radius 1 is 1.02 bits per heavy atom. The normalized spacial score (nSPS) is 15.4. The number of sulfonamides is 1. The average molecular weight is 605 g/mol. The number of amides is 1. The van der Waals surface area contributed by atoms with Crippen LogP contribution in [0.4, 0.5) is 23.4 Å². The minimum atomic E-state index is -4.61. The van der Waals surface area contributed by atoms with Gasteiger partial charge in [-0.15, -0.1) is 0 Å². The second-order valence-corrected chi connectivity index (χ2v) is 12.3. The molecule has 1 aliphatic rings. The number of carbonyl (C=O) groups excluding carboxylic acids is 1. The molecule has 42 heavy (non-hydrogen) atoms. The summed E-state index contributed by atoms with van der Waals surface area (Å²) in [5, 5.41) is 7.43. The van der Waals surface area contributed by atoms with Gasteiger partial charge in [0.15, 0.2) is 0 Å². The van der Waals surface area contributed by atoms with Crippen molar-refractivity contribution in [3.63, 3.8) is 0 Å². The SMILES string of the molecule is CN(C)C1CCN(S(=O)(=O)c2cc(C(=O)Nc3cc4cc(-c5cnn(C)c5C(F)(F)F)ccc4cn3)ccc2F)CC1. The van der Waals surface area contributed by atoms with Crippen molar-refractivity contribution in [3.8, 4) is 11.1 Å². The first-order valence-electron chi connectivity index (χ1n) is 13.0. The quantitative estimate of drug-likeness (QED) is 0.319. The molecule has 9 nitrogen and oxygen atoms in total. The average Bonchev–Trinajstić information content (AvgIpc) is 3.34. The first-order chi connectivity index (χ1) is 19.8. The van der Waals surface area contributed by atoms with Crippen molar-refractivity contribution in [2.45, 2.75) is 30.0 Å². The highest BCUT2D eigenvalue weighted by Crippen LogP contribution is 2.37. The van der Waals surface area contributed by atoms with E-state index < -0.39 is 38.5 Å². The molecule has 222 valence electrons. The van der Waals surface area contributed by atoms with Crippen LogP contribution >= 0.6 is 0 Å². The minimum Gasteiger partial charge on any atom is -0.307 e. The molecular weight excluding hydrogens is 576 g/mol. The number of halogens is 4. The molecule has 0 saturated carbocycles. The predicted octanol–water partition coefficient (Wildman–Crippen LogP) is 4.76. The predicted molar refractivity (Wildman–Crippen MR) is 149 cm³/mol. The molecule has 1 aliphatic heterocycles. The summed E-state index contributed by atoms with van der Waals surface area (Å²) in [6.07, 6.45) is -0.834. The van der Waals surface area contributed by atoms with Gasteiger partial charge in [0, 0.05) is 48.9 Å². The maximum Gasteiger partial charge on any atom is 0.433 e. The molecule has 0 spiro atoms. The lowest BCUT2D eigenvalue weighted by molar-refractivity contribution is -0.143. The summed E-state index contributed by atoms with van der Waals surface area (Å²) >= 11 is 0. The molecule has 0 aliphatic carbocycles. The monoisotopic (exact) mass is 604 g/mol. The van der Waals surface area contributed by atoms with Gasteiger partial charge in [-0.2, -0.15) is 22.6 Å². The molecule has 0 bridgehead atoms. The van der Waals surface area contributed by atoms with Gasteiger partial charge in [0.2, 0.25) is 10.0 Å². The van der Waals surface area contributed by atoms with Crippen molar-refractivity contribution in [3.05, 3.63) is 71.9 Å². The number of aromatic nitrogens is 3. The Balaban J connectivity index is 1.39. The van der Waals surface area contributed by atoms with Crippen LogP contribution in [-0.4, -0.2) is 71.5 Å². The van der Waals surface area contributed by atoms with Crippen molar-refractivity contribution in [2.24, 2.45) is 7.05 Å². The fraction of sp³-hybridized carbons (Fsp3) is 0.321. The fourth-order valence-electron chi connectivity index (χ4n) is 5.13. The largest absolute Gasteiger partial charge is 0.433 e. The number of benzene rings is 2. The summed E-state index contributed by atoms with van der Waals surface area (Å²) in [7, 11) is 0.869. The van der Waals surface area contributed by atoms with E-state index in [1.807, 2.05) is 19.0 Å². The molecule has 2 aromatic heterocycles. The second-order valence-electron chi connectivity index (χ2n) is 10.4. The molecule has 1 fully saturated rings. The first-order valence-corrected chi connectivity index (χ1v) is 14.5. The highest BCUT2D eigenvalue weighted by molar-refractivity contribution is 7.89. The van der Waals surface area contributed by atoms with Crippen molar-refractivity contribution in [2.75, 3.05) is 32.5 Å². The van der Waals surface area contributed by atoms with Crippen LogP contribution in [0.3, 0.4) is 0 Å². The lowest BCUT2D eigenvalue weighted by Crippen LogP contribution is -2.44. The molecule has 0 atom stereocenters. The van der Waals surface area contributed by atoms with Crippen LogP contribution in [0.1, 0.15) is 28.9 Å². The van der Waals surface area contributed by atoms with Crippen LogP contribution in [0.2, 0.25) is 0 Å². The highest BCUT2D eigenvalue weighted by atomic mass is 32.2. The Hall–Kier alpha value is -3.88. The van der Waals surface area contributed by atoms with E-state index in [1.165, 1.54) is 41.8 Å². The zero-order chi connectivity index (χ0) is 30.4. The van der Waals surface area contributed by atoms with Gasteiger partial charge in [0.1, 0.15) is 22.2 Å². The number of alkyl halides is 3. The molecule has 4 aromatic rings. The van der Waals surface area contributed by atoms with E-state index in [0.29, 0.717) is 23.6 Å². The van der Waals surface area contributed by atoms with E-state index >= 15 is 0 Å². The zero-order valence-corrected chi connectivity index (χ0v) is 23.8. The number of anilines is 1. The molecule has 0 radical (unpaired) electrons. The van der Waals surface area contributed by atoms with Crippen molar-refractivity contribution in [1.29, 1.82) is 0 Å². The van der Waals surface area contributed by atoms with Crippen LogP contribution < -0.4 is 5.32 Å². The van der Waals surface area contributed by atoms with E-state index in [-0.39, 0.29) is 41.6 Å². The molecule has 3 heterocycles. The van der Waals surface area contributed by atoms with Crippen LogP contribution in [0.15, 0.2) is 59.8 Å². The van der Waals surface area contributed by atoms with Gasteiger partial charge in [-0.1, -0.05) is 12.1 Å². The van der Waals surface area contributed by atoms with Crippen LogP contribution in [0.25, 0.3) is 21.9 Å². The van der Waals surface area contributed by atoms with Gasteiger partial charge in [-0.25, -0.2) is 17.8 Å². The Labute approximate surface area is 239 Å². The number of hydrogen-bond acceptors (Lipinski definition) is 6. The molecular formula is C28H28F4N6O3S. The van der Waals surface area contributed by atoms with E-state index in [2.05, 4.69) is 15.4 Å². The van der Waals surface area contributed by atoms with Crippen molar-refractivity contribution in [1.82, 2.24) is 24.0 Å². The Kier molecular flexibility index (Phi) is 7.81. The van der Waals surface area contributed by atoms with Crippen molar-refractivity contribution >= 4 is 32.5 Å². The Morgan fingerprint density at radius 3 is 2.40 bits per heavy atom. The molecule has 0 unspecified atom stereocenters. The lowest BCUT2D eigenvalue weighted by Gasteiger charge is -2.34. The summed E-state index contributed by atoms with van der Waals surface area (Å²) in [6, 6.07) is 9.46. The van der Waals surface area contributed by atoms with Crippen LogP contribution in [-0.2, 0) is 23.2 Å². The lowest BCUT2D eigenvalue weighted by atomic mass is 10.0. The highest BCUT2D eigenvalue weighted by Gasteiger charge is 2.38. The number of piperidine rings is 1. The van der Waals surface area contributed by atoms with Gasteiger partial charge in [0.25, 0.3) is 5.91 Å². The fourth-order valence-corrected chi connectivity index (χ4v) is 6.69. The van der Waals surface area contributed by atoms with Crippen molar-refractivity contribution < 1.29 is 30.8 Å². The first kappa shape index (κ1) is 29.6. The Bertz CT molecular complexity index is 1760. The summed E-state index contributed by atoms with van der Waals surface area (Å²) in [6.45, 7) is 0.459. The summed E-state index contributed by atoms with van der Waals surface area (Å²) in [5.41, 5.74) is -0.817. The topological polar surface area (TPSA) is 100 Å². The van der Waals surface area contributed by atoms with Gasteiger partial charge < -0.3 is 10.2 Å². The molecule has 5 rings (SSSR count). The summed E-state index contributed by atoms with van der Waals surface area (Å²) in [5.74, 6) is -1.62. The van der Waals surface area contributed by atoms with Gasteiger partial charge >= 0.3 is 6.18 Å². The van der Waals surface area contributed by atoms with Crippen LogP contribution in [0, 0.1) is 5.82 Å². The van der Waals surface area contributed by atoms with Gasteiger partial charge in [0.05, 0.1) is 6.20 Å². The molecule has 1 saturated heterocycles. The van der Waals surface area contributed by atoms with Crippen LogP contribution in [0.5, 0.6) is 0 Å². The minimum absolute atomic E-state index is 0.0753. The van der Waals surface area contributed by atoms with E-state index in [4.69, 9.17) is 0 Å². The number of pyridine rings is 1. The molecule has 2 aromatic carbocycles. The third-order valence-corrected chi connectivity index (χ3v) is 9.36. The molecule has 1 N–H and O–H groups in total. The third kappa shape index (κ3) is 5.74. The molecule has 1 amide bonds. The van der Waals surface area contributed by atoms with E-state index in [9.17, 15) is 30.8 Å². The molecule has 14 heteroatoms. The maximum absolute atomic E-state index is 14.7. The maximum atomic E-state index is 14.7. The van der Waals surface area contributed by atoms with Gasteiger partial charge in [-0.3, -0.25) is 9.48 Å². The Morgan fingerprint density at radius 2 is 1.74 bits per heavy atom. The second kappa shape index (κ2) is 11.1. The number of aryl methyl sites for hydroxylation is 1. The van der Waals surface area contributed by atoms with E-state index in [1.54, 1.807) is 6.07 Å². The third-order valence-electron chi connectivity index (χ3n) is 7.45. The number of fused-ring (bicyclic) bond motifs is 1. The number of carbonyl (C=O) groups is 1. The summed E-state index contributed by atoms with van der Waals surface area (Å²) in [4.78, 5) is 18.7. The number of rotatable bonds is 6. The van der Waals surface area contributed by atoms with Gasteiger partial charge in [-0.05, 0) is 68.2 Å².